The van der Waals surface area contributed by atoms with Crippen LogP contribution in [-0.2, 0) is 4.79 Å². The molecule has 0 spiro atoms. The quantitative estimate of drug-likeness (QED) is 0.276. The summed E-state index contributed by atoms with van der Waals surface area (Å²) in [6, 6.07) is -0.528. The molecule has 0 aliphatic carbocycles. The van der Waals surface area contributed by atoms with Crippen LogP contribution in [0.4, 0.5) is 4.79 Å². The summed E-state index contributed by atoms with van der Waals surface area (Å²) in [5.41, 5.74) is 4.84. The van der Waals surface area contributed by atoms with E-state index in [1.165, 1.54) is 0 Å². The number of carbonyl (C=O) groups excluding carboxylic acids is 2. The maximum atomic E-state index is 10.9. The zero-order valence-corrected chi connectivity index (χ0v) is 8.27. The number of hydrogen-bond donors (Lipinski definition) is 4. The van der Waals surface area contributed by atoms with Crippen molar-refractivity contribution in [2.24, 2.45) is 5.73 Å². The Bertz CT molecular complexity index is 175. The minimum Gasteiger partial charge on any atom is -0.352 e. The Labute approximate surface area is 82.8 Å². The number of thiol groups is 1. The average Bonchev–Trinajstić information content (AvgIpc) is 2.03. The van der Waals surface area contributed by atoms with E-state index in [1.54, 1.807) is 0 Å². The van der Waals surface area contributed by atoms with Gasteiger partial charge in [-0.2, -0.15) is 12.6 Å². The van der Waals surface area contributed by atoms with Crippen molar-refractivity contribution in [1.82, 2.24) is 10.6 Å². The molecule has 0 aromatic rings. The Kier molecular flexibility index (Phi) is 7.18. The monoisotopic (exact) mass is 205 g/mol. The van der Waals surface area contributed by atoms with Gasteiger partial charge in [0.2, 0.25) is 5.91 Å². The first-order valence-electron chi connectivity index (χ1n) is 4.07. The smallest absolute Gasteiger partial charge is 0.312 e. The molecule has 4 N–H and O–H groups in total. The van der Waals surface area contributed by atoms with Crippen molar-refractivity contribution in [2.45, 2.75) is 19.3 Å². The van der Waals surface area contributed by atoms with Gasteiger partial charge in [0.25, 0.3) is 0 Å². The van der Waals surface area contributed by atoms with Crippen LogP contribution in [0.5, 0.6) is 0 Å². The Morgan fingerprint density at radius 1 is 1.23 bits per heavy atom. The van der Waals surface area contributed by atoms with Gasteiger partial charge in [-0.05, 0) is 12.8 Å². The largest absolute Gasteiger partial charge is 0.352 e. The summed E-state index contributed by atoms with van der Waals surface area (Å²) >= 11 is 3.84. The summed E-state index contributed by atoms with van der Waals surface area (Å²) < 4.78 is 0. The van der Waals surface area contributed by atoms with Gasteiger partial charge in [0, 0.05) is 13.0 Å². The van der Waals surface area contributed by atoms with Gasteiger partial charge in [-0.15, -0.1) is 0 Å². The molecule has 0 unspecified atom stereocenters. The Morgan fingerprint density at radius 2 is 1.92 bits per heavy atom. The third-order valence-corrected chi connectivity index (χ3v) is 1.56. The molecular weight excluding hydrogens is 190 g/mol. The number of amides is 3. The average molecular weight is 205 g/mol. The van der Waals surface area contributed by atoms with E-state index in [0.29, 0.717) is 18.8 Å². The predicted molar refractivity (Wildman–Crippen MR) is 53.4 cm³/mol. The molecule has 5 nitrogen and oxygen atoms in total. The second kappa shape index (κ2) is 7.72. The van der Waals surface area contributed by atoms with E-state index in [1.807, 2.05) is 0 Å². The van der Waals surface area contributed by atoms with E-state index in [4.69, 9.17) is 5.73 Å². The molecule has 6 heteroatoms. The van der Waals surface area contributed by atoms with E-state index in [-0.39, 0.29) is 5.91 Å². The van der Waals surface area contributed by atoms with Crippen LogP contribution in [0.2, 0.25) is 0 Å². The van der Waals surface area contributed by atoms with Gasteiger partial charge in [0.15, 0.2) is 0 Å². The third-order valence-electron chi connectivity index (χ3n) is 1.41. The highest BCUT2D eigenvalue weighted by Gasteiger charge is 1.98. The number of nitrogens with two attached hydrogens (primary N) is 1. The van der Waals surface area contributed by atoms with Gasteiger partial charge in [-0.1, -0.05) is 0 Å². The molecule has 0 aliphatic rings. The summed E-state index contributed by atoms with van der Waals surface area (Å²) in [5.74, 6) is 0.340. The van der Waals surface area contributed by atoms with Crippen molar-refractivity contribution in [3.63, 3.8) is 0 Å². The Balaban J connectivity index is 3.16. The van der Waals surface area contributed by atoms with Crippen molar-refractivity contribution in [2.75, 3.05) is 12.4 Å². The van der Waals surface area contributed by atoms with Crippen molar-refractivity contribution in [1.29, 1.82) is 0 Å². The van der Waals surface area contributed by atoms with Crippen LogP contribution in [0.3, 0.4) is 0 Å². The SMILES string of the molecule is NC(=O)NCCCCC(=O)NCS. The van der Waals surface area contributed by atoms with Crippen molar-refractivity contribution in [3.8, 4) is 0 Å². The molecule has 3 amide bonds. The molecule has 76 valence electrons. The number of rotatable bonds is 6. The first-order chi connectivity index (χ1) is 6.16. The lowest BCUT2D eigenvalue weighted by Crippen LogP contribution is -2.30. The fourth-order valence-corrected chi connectivity index (χ4v) is 0.975. The number of hydrogen-bond acceptors (Lipinski definition) is 3. The first-order valence-corrected chi connectivity index (χ1v) is 4.71. The number of unbranched alkanes of at least 4 members (excludes halogenated alkanes) is 1. The second-order valence-corrected chi connectivity index (χ2v) is 2.82. The highest BCUT2D eigenvalue weighted by atomic mass is 32.1. The summed E-state index contributed by atoms with van der Waals surface area (Å²) in [7, 11) is 0. The summed E-state index contributed by atoms with van der Waals surface area (Å²) in [5, 5.41) is 5.00. The molecule has 0 heterocycles. The number of nitrogens with one attached hydrogen (secondary N) is 2. The minimum atomic E-state index is -0.528. The zero-order valence-electron chi connectivity index (χ0n) is 7.38. The summed E-state index contributed by atoms with van der Waals surface area (Å²) in [4.78, 5) is 21.1. The first kappa shape index (κ1) is 12.1. The maximum absolute atomic E-state index is 10.9. The van der Waals surface area contributed by atoms with Crippen LogP contribution < -0.4 is 16.4 Å². The Hall–Kier alpha value is -0.910. The molecule has 0 radical (unpaired) electrons. The lowest BCUT2D eigenvalue weighted by Gasteiger charge is -2.02. The van der Waals surface area contributed by atoms with Crippen LogP contribution in [0.25, 0.3) is 0 Å². The molecule has 0 aliphatic heterocycles. The molecule has 0 saturated carbocycles. The fourth-order valence-electron chi connectivity index (χ4n) is 0.799. The number of carbonyl (C=O) groups is 2. The van der Waals surface area contributed by atoms with Gasteiger partial charge >= 0.3 is 6.03 Å². The Morgan fingerprint density at radius 3 is 2.46 bits per heavy atom. The molecule has 0 fully saturated rings. The third kappa shape index (κ3) is 9.00. The van der Waals surface area contributed by atoms with Crippen LogP contribution in [-0.4, -0.2) is 24.4 Å². The second-order valence-electron chi connectivity index (χ2n) is 2.51. The van der Waals surface area contributed by atoms with Crippen LogP contribution >= 0.6 is 12.6 Å². The lowest BCUT2D eigenvalue weighted by atomic mass is 10.2. The van der Waals surface area contributed by atoms with Crippen LogP contribution in [0.15, 0.2) is 0 Å². The molecule has 0 bridgehead atoms. The fraction of sp³-hybridized carbons (Fsp3) is 0.714. The topological polar surface area (TPSA) is 84.2 Å². The number of urea groups is 1. The molecule has 0 atom stereocenters. The lowest BCUT2D eigenvalue weighted by molar-refractivity contribution is -0.120. The minimum absolute atomic E-state index is 0.0194. The van der Waals surface area contributed by atoms with E-state index in [9.17, 15) is 9.59 Å². The molecule has 0 aromatic carbocycles. The summed E-state index contributed by atoms with van der Waals surface area (Å²) in [6.07, 6.45) is 1.95. The molecule has 0 saturated heterocycles. The van der Waals surface area contributed by atoms with Gasteiger partial charge in [0.05, 0.1) is 5.88 Å². The molecular formula is C7H15N3O2S. The van der Waals surface area contributed by atoms with Crippen molar-refractivity contribution in [3.05, 3.63) is 0 Å². The molecule has 0 aromatic heterocycles. The highest BCUT2D eigenvalue weighted by Crippen LogP contribution is 1.93. The van der Waals surface area contributed by atoms with E-state index in [2.05, 4.69) is 23.3 Å². The number of primary amides is 1. The van der Waals surface area contributed by atoms with Crippen LogP contribution in [0.1, 0.15) is 19.3 Å². The normalized spacial score (nSPS) is 9.31. The molecule has 0 rings (SSSR count). The van der Waals surface area contributed by atoms with Gasteiger partial charge in [-0.3, -0.25) is 4.79 Å². The maximum Gasteiger partial charge on any atom is 0.312 e. The van der Waals surface area contributed by atoms with E-state index in [0.717, 1.165) is 12.8 Å². The molecule has 13 heavy (non-hydrogen) atoms. The predicted octanol–water partition coefficient (Wildman–Crippen LogP) is -0.171. The van der Waals surface area contributed by atoms with Crippen molar-refractivity contribution >= 4 is 24.6 Å². The zero-order chi connectivity index (χ0) is 10.1. The van der Waals surface area contributed by atoms with Crippen LogP contribution in [0, 0.1) is 0 Å². The van der Waals surface area contributed by atoms with Gasteiger partial charge in [0.1, 0.15) is 0 Å². The van der Waals surface area contributed by atoms with E-state index < -0.39 is 6.03 Å². The van der Waals surface area contributed by atoms with E-state index >= 15 is 0 Å². The summed E-state index contributed by atoms with van der Waals surface area (Å²) in [6.45, 7) is 0.517. The van der Waals surface area contributed by atoms with Gasteiger partial charge in [-0.25, -0.2) is 4.79 Å². The standard InChI is InChI=1S/C7H15N3O2S/c8-7(12)9-4-2-1-3-6(11)10-5-13/h13H,1-5H2,(H,10,11)(H3,8,9,12). The highest BCUT2D eigenvalue weighted by molar-refractivity contribution is 7.80. The van der Waals surface area contributed by atoms with Crippen molar-refractivity contribution < 1.29 is 9.59 Å². The van der Waals surface area contributed by atoms with Gasteiger partial charge < -0.3 is 16.4 Å².